The molecule has 2 heteroatoms. The minimum atomic E-state index is 0.0291. The fourth-order valence-electron chi connectivity index (χ4n) is 1.91. The van der Waals surface area contributed by atoms with Gasteiger partial charge in [-0.1, -0.05) is 42.5 Å². The van der Waals surface area contributed by atoms with Crippen LogP contribution in [0.25, 0.3) is 0 Å². The van der Waals surface area contributed by atoms with Crippen LogP contribution in [-0.4, -0.2) is 12.9 Å². The molecule has 0 amide bonds. The Bertz CT molecular complexity index is 343. The average Bonchev–Trinajstić information content (AvgIpc) is 2.31. The molecule has 1 aromatic carbocycles. The lowest BCUT2D eigenvalue weighted by atomic mass is 9.91. The van der Waals surface area contributed by atoms with Gasteiger partial charge in [0.25, 0.3) is 0 Å². The van der Waals surface area contributed by atoms with Crippen molar-refractivity contribution >= 4 is 6.29 Å². The Morgan fingerprint density at radius 2 is 2.13 bits per heavy atom. The third-order valence-electron chi connectivity index (χ3n) is 2.64. The van der Waals surface area contributed by atoms with Crippen LogP contribution < -0.4 is 0 Å². The number of benzene rings is 1. The van der Waals surface area contributed by atoms with Crippen LogP contribution in [-0.2, 0) is 9.53 Å². The molecule has 0 aromatic heterocycles. The van der Waals surface area contributed by atoms with Crippen LogP contribution in [0, 0.1) is 5.92 Å². The first kappa shape index (κ1) is 10.1. The van der Waals surface area contributed by atoms with Gasteiger partial charge in [-0.15, -0.1) is 0 Å². The van der Waals surface area contributed by atoms with Crippen LogP contribution >= 0.6 is 0 Å². The van der Waals surface area contributed by atoms with Crippen LogP contribution in [0.3, 0.4) is 0 Å². The van der Waals surface area contributed by atoms with Gasteiger partial charge in [-0.2, -0.15) is 0 Å². The third-order valence-corrected chi connectivity index (χ3v) is 2.64. The molecule has 0 saturated heterocycles. The summed E-state index contributed by atoms with van der Waals surface area (Å²) in [6.07, 6.45) is 5.57. The molecule has 0 fully saturated rings. The molecular weight excluding hydrogens is 188 g/mol. The number of hydrogen-bond acceptors (Lipinski definition) is 2. The molecule has 0 aliphatic carbocycles. The predicted molar refractivity (Wildman–Crippen MR) is 58.4 cm³/mol. The summed E-state index contributed by atoms with van der Waals surface area (Å²) < 4.78 is 5.68. The largest absolute Gasteiger partial charge is 0.369 e. The van der Waals surface area contributed by atoms with Gasteiger partial charge < -0.3 is 9.53 Å². The molecule has 0 bridgehead atoms. The Balaban J connectivity index is 2.19. The van der Waals surface area contributed by atoms with E-state index in [1.54, 1.807) is 0 Å². The molecule has 1 aliphatic heterocycles. The second kappa shape index (κ2) is 4.89. The first-order chi connectivity index (χ1) is 7.42. The fourth-order valence-corrected chi connectivity index (χ4v) is 1.91. The summed E-state index contributed by atoms with van der Waals surface area (Å²) in [6, 6.07) is 10.1. The van der Waals surface area contributed by atoms with Gasteiger partial charge in [-0.25, -0.2) is 0 Å². The van der Waals surface area contributed by atoms with Crippen molar-refractivity contribution in [3.05, 3.63) is 48.0 Å². The maximum atomic E-state index is 10.6. The van der Waals surface area contributed by atoms with Gasteiger partial charge in [0.2, 0.25) is 0 Å². The molecule has 0 unspecified atom stereocenters. The van der Waals surface area contributed by atoms with E-state index in [0.717, 1.165) is 11.8 Å². The Morgan fingerprint density at radius 1 is 1.33 bits per heavy atom. The van der Waals surface area contributed by atoms with Gasteiger partial charge in [0.1, 0.15) is 6.29 Å². The summed E-state index contributed by atoms with van der Waals surface area (Å²) in [5, 5.41) is 0. The van der Waals surface area contributed by atoms with Crippen molar-refractivity contribution < 1.29 is 9.53 Å². The van der Waals surface area contributed by atoms with Crippen LogP contribution in [0.15, 0.2) is 42.5 Å². The van der Waals surface area contributed by atoms with E-state index in [2.05, 4.69) is 6.08 Å². The van der Waals surface area contributed by atoms with Crippen molar-refractivity contribution in [2.45, 2.75) is 12.5 Å². The maximum absolute atomic E-state index is 10.6. The Labute approximate surface area is 89.6 Å². The number of carbonyl (C=O) groups excluding carboxylic acids is 1. The monoisotopic (exact) mass is 202 g/mol. The Morgan fingerprint density at radius 3 is 2.87 bits per heavy atom. The lowest BCUT2D eigenvalue weighted by Gasteiger charge is -2.27. The smallest absolute Gasteiger partial charge is 0.120 e. The van der Waals surface area contributed by atoms with E-state index in [4.69, 9.17) is 4.74 Å². The summed E-state index contributed by atoms with van der Waals surface area (Å²) >= 11 is 0. The number of hydrogen-bond donors (Lipinski definition) is 0. The van der Waals surface area contributed by atoms with Crippen LogP contribution in [0.4, 0.5) is 0 Å². The van der Waals surface area contributed by atoms with Crippen molar-refractivity contribution in [1.29, 1.82) is 0 Å². The summed E-state index contributed by atoms with van der Waals surface area (Å²) in [7, 11) is 0. The predicted octanol–water partition coefficient (Wildman–Crippen LogP) is 2.52. The third kappa shape index (κ3) is 2.34. The molecule has 0 saturated carbocycles. The van der Waals surface area contributed by atoms with E-state index in [-0.39, 0.29) is 12.0 Å². The Hall–Kier alpha value is -1.41. The quantitative estimate of drug-likeness (QED) is 0.556. The highest BCUT2D eigenvalue weighted by Gasteiger charge is 2.23. The highest BCUT2D eigenvalue weighted by molar-refractivity contribution is 5.50. The zero-order chi connectivity index (χ0) is 10.5. The van der Waals surface area contributed by atoms with Gasteiger partial charge >= 0.3 is 0 Å². The summed E-state index contributed by atoms with van der Waals surface area (Å²) in [5.41, 5.74) is 1.15. The topological polar surface area (TPSA) is 26.3 Å². The molecule has 0 N–H and O–H groups in total. The molecule has 2 nitrogen and oxygen atoms in total. The highest BCUT2D eigenvalue weighted by atomic mass is 16.5. The number of carbonyl (C=O) groups is 1. The normalized spacial score (nSPS) is 25.1. The van der Waals surface area contributed by atoms with Crippen LogP contribution in [0.1, 0.15) is 18.1 Å². The second-order valence-electron chi connectivity index (χ2n) is 3.66. The first-order valence-corrected chi connectivity index (χ1v) is 5.18. The van der Waals surface area contributed by atoms with Crippen LogP contribution in [0.5, 0.6) is 0 Å². The standard InChI is InChI=1S/C13H14O2/c14-9-8-12-7-4-10-15-13(12)11-5-2-1-3-6-11/h1-7,9,12-13H,8,10H2/t12-,13-/m0/s1. The molecule has 0 radical (unpaired) electrons. The summed E-state index contributed by atoms with van der Waals surface area (Å²) in [5.74, 6) is 0.179. The van der Waals surface area contributed by atoms with Crippen molar-refractivity contribution in [1.82, 2.24) is 0 Å². The van der Waals surface area contributed by atoms with E-state index in [9.17, 15) is 4.79 Å². The maximum Gasteiger partial charge on any atom is 0.120 e. The molecule has 1 aliphatic rings. The summed E-state index contributed by atoms with van der Waals surface area (Å²) in [6.45, 7) is 0.634. The fraction of sp³-hybridized carbons (Fsp3) is 0.308. The molecule has 2 atom stereocenters. The van der Waals surface area contributed by atoms with Crippen molar-refractivity contribution in [2.24, 2.45) is 5.92 Å². The molecule has 2 rings (SSSR count). The van der Waals surface area contributed by atoms with Gasteiger partial charge in [0.15, 0.2) is 0 Å². The zero-order valence-electron chi connectivity index (χ0n) is 8.50. The molecule has 78 valence electrons. The number of ether oxygens (including phenoxy) is 1. The van der Waals surface area contributed by atoms with Crippen molar-refractivity contribution in [3.8, 4) is 0 Å². The van der Waals surface area contributed by atoms with Crippen molar-refractivity contribution in [2.75, 3.05) is 6.61 Å². The highest BCUT2D eigenvalue weighted by Crippen LogP contribution is 2.31. The van der Waals surface area contributed by atoms with Gasteiger partial charge in [-0.3, -0.25) is 0 Å². The number of rotatable bonds is 3. The van der Waals surface area contributed by atoms with E-state index < -0.39 is 0 Å². The molecule has 1 heterocycles. The first-order valence-electron chi connectivity index (χ1n) is 5.18. The minimum absolute atomic E-state index is 0.0291. The van der Waals surface area contributed by atoms with Gasteiger partial charge in [-0.05, 0) is 5.56 Å². The minimum Gasteiger partial charge on any atom is -0.369 e. The zero-order valence-corrected chi connectivity index (χ0v) is 8.50. The Kier molecular flexibility index (Phi) is 3.30. The van der Waals surface area contributed by atoms with Crippen LogP contribution in [0.2, 0.25) is 0 Å². The number of aldehydes is 1. The van der Waals surface area contributed by atoms with E-state index >= 15 is 0 Å². The van der Waals surface area contributed by atoms with Gasteiger partial charge in [0.05, 0.1) is 12.7 Å². The van der Waals surface area contributed by atoms with Gasteiger partial charge in [0, 0.05) is 12.3 Å². The molecule has 15 heavy (non-hydrogen) atoms. The molecule has 0 spiro atoms. The lowest BCUT2D eigenvalue weighted by molar-refractivity contribution is -0.109. The molecular formula is C13H14O2. The van der Waals surface area contributed by atoms with Crippen molar-refractivity contribution in [3.63, 3.8) is 0 Å². The second-order valence-corrected chi connectivity index (χ2v) is 3.66. The summed E-state index contributed by atoms with van der Waals surface area (Å²) in [4.78, 5) is 10.6. The molecule has 1 aromatic rings. The average molecular weight is 202 g/mol. The van der Waals surface area contributed by atoms with E-state index in [0.29, 0.717) is 13.0 Å². The SMILES string of the molecule is O=CC[C@@H]1C=CCO[C@H]1c1ccccc1. The van der Waals surface area contributed by atoms with E-state index in [1.165, 1.54) is 0 Å². The lowest BCUT2D eigenvalue weighted by Crippen LogP contribution is -2.19. The van der Waals surface area contributed by atoms with E-state index in [1.807, 2.05) is 36.4 Å².